The zero-order valence-electron chi connectivity index (χ0n) is 11.6. The zero-order chi connectivity index (χ0) is 16.0. The summed E-state index contributed by atoms with van der Waals surface area (Å²) < 4.78 is 5.09. The van der Waals surface area contributed by atoms with Crippen LogP contribution in [-0.2, 0) is 6.61 Å². The van der Waals surface area contributed by atoms with Gasteiger partial charge in [0.1, 0.15) is 17.2 Å². The standard InChI is InChI=1S/C16H12O6/c1-22-11-3-2-9(18)13-14(11)15(20)8-4-7(6-17)5-10(19)12(8)16(13)21/h2-5,17-19H,6H2,1H3. The van der Waals surface area contributed by atoms with Crippen LogP contribution in [0.4, 0.5) is 0 Å². The molecule has 0 bridgehead atoms. The number of carbonyl (C=O) groups is 2. The van der Waals surface area contributed by atoms with Crippen LogP contribution in [0.3, 0.4) is 0 Å². The summed E-state index contributed by atoms with van der Waals surface area (Å²) in [5.41, 5.74) is -0.137. The lowest BCUT2D eigenvalue weighted by Gasteiger charge is -2.21. The first-order chi connectivity index (χ1) is 10.5. The van der Waals surface area contributed by atoms with Gasteiger partial charge in [0.05, 0.1) is 30.4 Å². The van der Waals surface area contributed by atoms with Gasteiger partial charge >= 0.3 is 0 Å². The predicted octanol–water partition coefficient (Wildman–Crippen LogP) is 1.37. The van der Waals surface area contributed by atoms with Crippen molar-refractivity contribution in [2.45, 2.75) is 6.61 Å². The van der Waals surface area contributed by atoms with Gasteiger partial charge in [-0.15, -0.1) is 0 Å². The molecule has 0 heterocycles. The number of aromatic hydroxyl groups is 2. The Hall–Kier alpha value is -2.86. The van der Waals surface area contributed by atoms with Crippen molar-refractivity contribution in [2.75, 3.05) is 7.11 Å². The quantitative estimate of drug-likeness (QED) is 0.660. The molecular formula is C16H12O6. The Morgan fingerprint density at radius 1 is 0.955 bits per heavy atom. The van der Waals surface area contributed by atoms with Gasteiger partial charge in [-0.25, -0.2) is 0 Å². The minimum absolute atomic E-state index is 0.0227. The Balaban J connectivity index is 2.37. The van der Waals surface area contributed by atoms with Crippen LogP contribution in [0.5, 0.6) is 17.2 Å². The molecule has 0 amide bonds. The smallest absolute Gasteiger partial charge is 0.202 e. The van der Waals surface area contributed by atoms with Crippen LogP contribution in [0, 0.1) is 0 Å². The normalized spacial score (nSPS) is 12.8. The average molecular weight is 300 g/mol. The molecule has 6 nitrogen and oxygen atoms in total. The highest BCUT2D eigenvalue weighted by Gasteiger charge is 2.36. The molecule has 3 rings (SSSR count). The monoisotopic (exact) mass is 300 g/mol. The second kappa shape index (κ2) is 4.85. The Morgan fingerprint density at radius 3 is 2.32 bits per heavy atom. The molecule has 0 atom stereocenters. The van der Waals surface area contributed by atoms with Crippen LogP contribution in [0.1, 0.15) is 37.4 Å². The van der Waals surface area contributed by atoms with Crippen molar-refractivity contribution in [1.82, 2.24) is 0 Å². The number of phenolic OH excluding ortho intramolecular Hbond substituents is 2. The lowest BCUT2D eigenvalue weighted by Crippen LogP contribution is -2.22. The van der Waals surface area contributed by atoms with Crippen LogP contribution in [0.25, 0.3) is 0 Å². The van der Waals surface area contributed by atoms with Gasteiger partial charge in [-0.1, -0.05) is 0 Å². The number of rotatable bonds is 2. The summed E-state index contributed by atoms with van der Waals surface area (Å²) in [5.74, 6) is -1.82. The van der Waals surface area contributed by atoms with Crippen LogP contribution in [-0.4, -0.2) is 34.0 Å². The molecule has 0 saturated carbocycles. The van der Waals surface area contributed by atoms with E-state index in [1.54, 1.807) is 0 Å². The first-order valence-electron chi connectivity index (χ1n) is 6.45. The van der Waals surface area contributed by atoms with Gasteiger partial charge in [-0.3, -0.25) is 9.59 Å². The van der Waals surface area contributed by atoms with Crippen LogP contribution in [0.15, 0.2) is 24.3 Å². The zero-order valence-corrected chi connectivity index (χ0v) is 11.6. The fourth-order valence-electron chi connectivity index (χ4n) is 2.65. The Kier molecular flexibility index (Phi) is 3.11. The van der Waals surface area contributed by atoms with Crippen molar-refractivity contribution in [3.8, 4) is 17.2 Å². The van der Waals surface area contributed by atoms with Gasteiger partial charge in [0.2, 0.25) is 5.78 Å². The van der Waals surface area contributed by atoms with Gasteiger partial charge in [-0.05, 0) is 29.8 Å². The summed E-state index contributed by atoms with van der Waals surface area (Å²) in [6, 6.07) is 5.21. The third-order valence-electron chi connectivity index (χ3n) is 3.65. The summed E-state index contributed by atoms with van der Waals surface area (Å²) in [6.07, 6.45) is 0. The number of aliphatic hydroxyl groups is 1. The van der Waals surface area contributed by atoms with E-state index < -0.39 is 17.3 Å². The predicted molar refractivity (Wildman–Crippen MR) is 75.6 cm³/mol. The highest BCUT2D eigenvalue weighted by atomic mass is 16.5. The maximum absolute atomic E-state index is 12.7. The van der Waals surface area contributed by atoms with E-state index in [0.717, 1.165) is 0 Å². The molecule has 1 aliphatic carbocycles. The van der Waals surface area contributed by atoms with Crippen molar-refractivity contribution in [1.29, 1.82) is 0 Å². The topological polar surface area (TPSA) is 104 Å². The summed E-state index contributed by atoms with van der Waals surface area (Å²) in [4.78, 5) is 25.2. The number of aliphatic hydroxyl groups excluding tert-OH is 1. The SMILES string of the molecule is COc1ccc(O)c2c1C(=O)c1cc(CO)cc(O)c1C2=O. The molecule has 0 fully saturated rings. The van der Waals surface area contributed by atoms with Crippen molar-refractivity contribution in [2.24, 2.45) is 0 Å². The van der Waals surface area contributed by atoms with E-state index in [1.807, 2.05) is 0 Å². The lowest BCUT2D eigenvalue weighted by molar-refractivity contribution is 0.0971. The molecule has 3 N–H and O–H groups in total. The van der Waals surface area contributed by atoms with E-state index in [0.29, 0.717) is 5.56 Å². The molecule has 2 aromatic carbocycles. The highest BCUT2D eigenvalue weighted by molar-refractivity contribution is 6.31. The minimum Gasteiger partial charge on any atom is -0.507 e. The molecule has 0 saturated heterocycles. The fourth-order valence-corrected chi connectivity index (χ4v) is 2.65. The molecule has 0 unspecified atom stereocenters. The molecule has 0 aromatic heterocycles. The number of hydrogen-bond donors (Lipinski definition) is 3. The largest absolute Gasteiger partial charge is 0.507 e. The second-order valence-corrected chi connectivity index (χ2v) is 4.89. The molecule has 0 aliphatic heterocycles. The Morgan fingerprint density at radius 2 is 1.68 bits per heavy atom. The van der Waals surface area contributed by atoms with Crippen molar-refractivity contribution < 1.29 is 29.6 Å². The maximum Gasteiger partial charge on any atom is 0.202 e. The molecule has 0 radical (unpaired) electrons. The number of carbonyl (C=O) groups excluding carboxylic acids is 2. The molecular weight excluding hydrogens is 288 g/mol. The van der Waals surface area contributed by atoms with Gasteiger partial charge < -0.3 is 20.1 Å². The van der Waals surface area contributed by atoms with E-state index >= 15 is 0 Å². The highest BCUT2D eigenvalue weighted by Crippen LogP contribution is 2.40. The molecule has 22 heavy (non-hydrogen) atoms. The minimum atomic E-state index is -0.664. The van der Waals surface area contributed by atoms with E-state index in [9.17, 15) is 24.9 Å². The van der Waals surface area contributed by atoms with E-state index in [4.69, 9.17) is 4.74 Å². The van der Waals surface area contributed by atoms with E-state index in [2.05, 4.69) is 0 Å². The molecule has 6 heteroatoms. The summed E-state index contributed by atoms with van der Waals surface area (Å²) in [7, 11) is 1.35. The number of phenols is 2. The van der Waals surface area contributed by atoms with Crippen LogP contribution >= 0.6 is 0 Å². The van der Waals surface area contributed by atoms with E-state index in [-0.39, 0.29) is 40.4 Å². The van der Waals surface area contributed by atoms with Crippen LogP contribution < -0.4 is 4.74 Å². The summed E-state index contributed by atoms with van der Waals surface area (Å²) >= 11 is 0. The first-order valence-corrected chi connectivity index (χ1v) is 6.45. The second-order valence-electron chi connectivity index (χ2n) is 4.89. The van der Waals surface area contributed by atoms with Crippen molar-refractivity contribution >= 4 is 11.6 Å². The van der Waals surface area contributed by atoms with Gasteiger partial charge in [0.15, 0.2) is 5.78 Å². The number of ketones is 2. The molecule has 112 valence electrons. The number of benzene rings is 2. The van der Waals surface area contributed by atoms with Crippen molar-refractivity contribution in [3.63, 3.8) is 0 Å². The Labute approximate surface area is 125 Å². The third kappa shape index (κ3) is 1.78. The fraction of sp³-hybridized carbons (Fsp3) is 0.125. The Bertz CT molecular complexity index is 822. The maximum atomic E-state index is 12.7. The van der Waals surface area contributed by atoms with Crippen molar-refractivity contribution in [3.05, 3.63) is 52.1 Å². The molecule has 2 aromatic rings. The lowest BCUT2D eigenvalue weighted by atomic mass is 9.82. The summed E-state index contributed by atoms with van der Waals surface area (Å²) in [6.45, 7) is -0.383. The van der Waals surface area contributed by atoms with Crippen LogP contribution in [0.2, 0.25) is 0 Å². The summed E-state index contributed by atoms with van der Waals surface area (Å²) in [5, 5.41) is 29.1. The number of fused-ring (bicyclic) bond motifs is 2. The molecule has 1 aliphatic rings. The van der Waals surface area contributed by atoms with Gasteiger partial charge in [-0.2, -0.15) is 0 Å². The van der Waals surface area contributed by atoms with Gasteiger partial charge in [0.25, 0.3) is 0 Å². The third-order valence-corrected chi connectivity index (χ3v) is 3.65. The molecule has 0 spiro atoms. The number of hydrogen-bond acceptors (Lipinski definition) is 6. The first kappa shape index (κ1) is 14.1. The number of methoxy groups -OCH3 is 1. The van der Waals surface area contributed by atoms with E-state index in [1.165, 1.54) is 31.4 Å². The average Bonchev–Trinajstić information content (AvgIpc) is 2.51. The van der Waals surface area contributed by atoms with Gasteiger partial charge in [0, 0.05) is 5.56 Å². The number of ether oxygens (including phenoxy) is 1.